The molecule has 4 heteroatoms. The molecule has 0 saturated carbocycles. The molecule has 0 amide bonds. The number of rotatable bonds is 4. The van der Waals surface area contributed by atoms with E-state index in [1.54, 1.807) is 18.3 Å². The Morgan fingerprint density at radius 3 is 2.58 bits per heavy atom. The highest BCUT2D eigenvalue weighted by Crippen LogP contribution is 2.15. The molecule has 0 atom stereocenters. The van der Waals surface area contributed by atoms with Gasteiger partial charge in [0.15, 0.2) is 0 Å². The van der Waals surface area contributed by atoms with Crippen LogP contribution in [0.25, 0.3) is 0 Å². The van der Waals surface area contributed by atoms with Crippen LogP contribution in [-0.4, -0.2) is 11.1 Å². The van der Waals surface area contributed by atoms with Crippen LogP contribution >= 0.6 is 0 Å². The molecule has 0 saturated heterocycles. The fourth-order valence-corrected chi connectivity index (χ4v) is 1.69. The summed E-state index contributed by atoms with van der Waals surface area (Å²) in [5, 5.41) is 10.7. The Morgan fingerprint density at radius 2 is 1.95 bits per heavy atom. The summed E-state index contributed by atoms with van der Waals surface area (Å²) in [6.45, 7) is 2.10. The number of aliphatic imine (C=N–C) groups is 1. The van der Waals surface area contributed by atoms with Crippen LogP contribution < -0.4 is 0 Å². The monoisotopic (exact) mass is 254 g/mol. The smallest absolute Gasteiger partial charge is 0.258 e. The van der Waals surface area contributed by atoms with Gasteiger partial charge in [0.2, 0.25) is 0 Å². The molecule has 96 valence electrons. The summed E-state index contributed by atoms with van der Waals surface area (Å²) >= 11 is 0. The summed E-state index contributed by atoms with van der Waals surface area (Å²) in [5.74, 6) is 0. The Balaban J connectivity index is 2.17. The van der Waals surface area contributed by atoms with Crippen molar-refractivity contribution in [2.45, 2.75) is 13.3 Å². The van der Waals surface area contributed by atoms with E-state index in [-0.39, 0.29) is 5.69 Å². The second kappa shape index (κ2) is 5.91. The maximum Gasteiger partial charge on any atom is 0.270 e. The highest BCUT2D eigenvalue weighted by molar-refractivity contribution is 5.82. The molecule has 4 nitrogen and oxygen atoms in total. The van der Waals surface area contributed by atoms with Crippen LogP contribution in [0.4, 0.5) is 11.4 Å². The molecule has 0 aliphatic rings. The Bertz CT molecular complexity index is 604. The van der Waals surface area contributed by atoms with E-state index >= 15 is 0 Å². The zero-order valence-corrected chi connectivity index (χ0v) is 10.6. The van der Waals surface area contributed by atoms with E-state index in [0.29, 0.717) is 5.56 Å². The van der Waals surface area contributed by atoms with Crippen LogP contribution in [0.2, 0.25) is 0 Å². The summed E-state index contributed by atoms with van der Waals surface area (Å²) in [7, 11) is 0. The van der Waals surface area contributed by atoms with Gasteiger partial charge in [0, 0.05) is 18.3 Å². The van der Waals surface area contributed by atoms with Crippen molar-refractivity contribution >= 4 is 17.6 Å². The van der Waals surface area contributed by atoms with Gasteiger partial charge in [0.25, 0.3) is 5.69 Å². The Hall–Kier alpha value is -2.49. The van der Waals surface area contributed by atoms with E-state index in [1.165, 1.54) is 17.7 Å². The van der Waals surface area contributed by atoms with Crippen LogP contribution in [0.3, 0.4) is 0 Å². The largest absolute Gasteiger partial charge is 0.270 e. The van der Waals surface area contributed by atoms with Gasteiger partial charge in [-0.05, 0) is 29.7 Å². The van der Waals surface area contributed by atoms with Gasteiger partial charge in [-0.15, -0.1) is 0 Å². The molecule has 2 aromatic rings. The van der Waals surface area contributed by atoms with E-state index in [2.05, 4.69) is 11.9 Å². The van der Waals surface area contributed by atoms with E-state index < -0.39 is 4.92 Å². The molecule has 0 spiro atoms. The second-order valence-corrected chi connectivity index (χ2v) is 4.13. The number of non-ortho nitro benzene ring substituents is 1. The lowest BCUT2D eigenvalue weighted by atomic mass is 10.1. The van der Waals surface area contributed by atoms with Crippen molar-refractivity contribution < 1.29 is 4.92 Å². The first-order chi connectivity index (χ1) is 9.19. The maximum atomic E-state index is 10.7. The molecule has 0 radical (unpaired) electrons. The Labute approximate surface area is 111 Å². The molecular formula is C15H14N2O2. The van der Waals surface area contributed by atoms with Gasteiger partial charge < -0.3 is 0 Å². The molecule has 0 aromatic heterocycles. The van der Waals surface area contributed by atoms with Crippen molar-refractivity contribution in [1.29, 1.82) is 0 Å². The average Bonchev–Trinajstić information content (AvgIpc) is 2.46. The molecule has 0 bridgehead atoms. The third-order valence-corrected chi connectivity index (χ3v) is 2.79. The molecule has 2 rings (SSSR count). The van der Waals surface area contributed by atoms with Gasteiger partial charge in [-0.2, -0.15) is 0 Å². The summed E-state index contributed by atoms with van der Waals surface area (Å²) in [6.07, 6.45) is 2.63. The highest BCUT2D eigenvalue weighted by atomic mass is 16.6. The summed E-state index contributed by atoms with van der Waals surface area (Å²) < 4.78 is 0. The molecule has 2 aromatic carbocycles. The zero-order valence-electron chi connectivity index (χ0n) is 10.6. The number of aryl methyl sites for hydroxylation is 1. The van der Waals surface area contributed by atoms with Gasteiger partial charge in [0.05, 0.1) is 10.6 Å². The lowest BCUT2D eigenvalue weighted by molar-refractivity contribution is -0.384. The van der Waals surface area contributed by atoms with Crippen molar-refractivity contribution in [3.8, 4) is 0 Å². The third kappa shape index (κ3) is 3.48. The second-order valence-electron chi connectivity index (χ2n) is 4.13. The first kappa shape index (κ1) is 13.0. The van der Waals surface area contributed by atoms with Crippen LogP contribution in [0, 0.1) is 10.1 Å². The van der Waals surface area contributed by atoms with Crippen LogP contribution in [0.5, 0.6) is 0 Å². The maximum absolute atomic E-state index is 10.7. The summed E-state index contributed by atoms with van der Waals surface area (Å²) in [4.78, 5) is 14.6. The molecule has 0 fully saturated rings. The molecule has 0 N–H and O–H groups in total. The van der Waals surface area contributed by atoms with Gasteiger partial charge in [-0.1, -0.05) is 31.2 Å². The topological polar surface area (TPSA) is 55.5 Å². The average molecular weight is 254 g/mol. The molecule has 19 heavy (non-hydrogen) atoms. The van der Waals surface area contributed by atoms with Gasteiger partial charge in [-0.3, -0.25) is 15.1 Å². The molecule has 0 aliphatic heterocycles. The first-order valence-electron chi connectivity index (χ1n) is 6.06. The van der Waals surface area contributed by atoms with E-state index in [4.69, 9.17) is 0 Å². The van der Waals surface area contributed by atoms with E-state index in [9.17, 15) is 10.1 Å². The van der Waals surface area contributed by atoms with Crippen molar-refractivity contribution in [2.75, 3.05) is 0 Å². The minimum Gasteiger partial charge on any atom is -0.258 e. The van der Waals surface area contributed by atoms with Crippen LogP contribution in [0.15, 0.2) is 53.5 Å². The standard InChI is InChI=1S/C15H14N2O2/c1-2-12-6-8-14(9-7-12)16-11-13-4-3-5-15(10-13)17(18)19/h3-11H,2H2,1H3. The summed E-state index contributed by atoms with van der Waals surface area (Å²) in [5.41, 5.74) is 2.89. The highest BCUT2D eigenvalue weighted by Gasteiger charge is 2.03. The lowest BCUT2D eigenvalue weighted by Gasteiger charge is -1.97. The van der Waals surface area contributed by atoms with Gasteiger partial charge in [0.1, 0.15) is 0 Å². The van der Waals surface area contributed by atoms with Gasteiger partial charge >= 0.3 is 0 Å². The fourth-order valence-electron chi connectivity index (χ4n) is 1.69. The summed E-state index contributed by atoms with van der Waals surface area (Å²) in [6, 6.07) is 14.3. The number of hydrogen-bond donors (Lipinski definition) is 0. The third-order valence-electron chi connectivity index (χ3n) is 2.79. The minimum atomic E-state index is -0.409. The predicted molar refractivity (Wildman–Crippen MR) is 76.2 cm³/mol. The number of nitrogens with zero attached hydrogens (tertiary/aromatic N) is 2. The molecule has 0 aliphatic carbocycles. The number of nitro groups is 1. The number of nitro benzene ring substituents is 1. The minimum absolute atomic E-state index is 0.0743. The van der Waals surface area contributed by atoms with E-state index in [1.807, 2.05) is 24.3 Å². The zero-order chi connectivity index (χ0) is 13.7. The lowest BCUT2D eigenvalue weighted by Crippen LogP contribution is -1.89. The number of hydrogen-bond acceptors (Lipinski definition) is 3. The Kier molecular flexibility index (Phi) is 4.03. The predicted octanol–water partition coefficient (Wildman–Crippen LogP) is 3.91. The van der Waals surface area contributed by atoms with Crippen molar-refractivity contribution in [3.63, 3.8) is 0 Å². The van der Waals surface area contributed by atoms with Crippen molar-refractivity contribution in [3.05, 3.63) is 69.8 Å². The SMILES string of the molecule is CCc1ccc(N=Cc2cccc([N+](=O)[O-])c2)cc1. The molecular weight excluding hydrogens is 240 g/mol. The quantitative estimate of drug-likeness (QED) is 0.472. The van der Waals surface area contributed by atoms with Gasteiger partial charge in [-0.25, -0.2) is 0 Å². The van der Waals surface area contributed by atoms with Crippen LogP contribution in [0.1, 0.15) is 18.1 Å². The molecule has 0 unspecified atom stereocenters. The normalized spacial score (nSPS) is 10.8. The Morgan fingerprint density at radius 1 is 1.21 bits per heavy atom. The van der Waals surface area contributed by atoms with Crippen molar-refractivity contribution in [1.82, 2.24) is 0 Å². The van der Waals surface area contributed by atoms with Crippen molar-refractivity contribution in [2.24, 2.45) is 4.99 Å². The van der Waals surface area contributed by atoms with E-state index in [0.717, 1.165) is 12.1 Å². The first-order valence-corrected chi connectivity index (χ1v) is 6.06. The molecule has 0 heterocycles. The van der Waals surface area contributed by atoms with Crippen LogP contribution in [-0.2, 0) is 6.42 Å². The number of benzene rings is 2. The fraction of sp³-hybridized carbons (Fsp3) is 0.133.